The van der Waals surface area contributed by atoms with E-state index in [1.165, 1.54) is 0 Å². The van der Waals surface area contributed by atoms with Crippen molar-refractivity contribution in [1.29, 1.82) is 0 Å². The van der Waals surface area contributed by atoms with Crippen molar-refractivity contribution in [2.45, 2.75) is 45.4 Å². The van der Waals surface area contributed by atoms with Crippen LogP contribution in [0.5, 0.6) is 5.75 Å². The quantitative estimate of drug-likeness (QED) is 0.774. The monoisotopic (exact) mass is 319 g/mol. The Labute approximate surface area is 139 Å². The molecular formula is C19H29NO3. The summed E-state index contributed by atoms with van der Waals surface area (Å²) in [5.41, 5.74) is 1.14. The molecule has 1 aliphatic rings. The molecule has 0 saturated heterocycles. The van der Waals surface area contributed by atoms with E-state index in [1.807, 2.05) is 18.2 Å². The van der Waals surface area contributed by atoms with E-state index in [0.29, 0.717) is 31.4 Å². The van der Waals surface area contributed by atoms with Crippen LogP contribution in [0, 0.1) is 11.8 Å². The first-order valence-corrected chi connectivity index (χ1v) is 8.69. The van der Waals surface area contributed by atoms with E-state index in [9.17, 15) is 4.79 Å². The van der Waals surface area contributed by atoms with Crippen LogP contribution in [-0.4, -0.2) is 30.8 Å². The van der Waals surface area contributed by atoms with Gasteiger partial charge in [0.05, 0.1) is 6.61 Å². The lowest BCUT2D eigenvalue weighted by molar-refractivity contribution is -0.121. The van der Waals surface area contributed by atoms with Crippen LogP contribution >= 0.6 is 0 Å². The minimum absolute atomic E-state index is 0.0957. The third-order valence-electron chi connectivity index (χ3n) is 4.44. The molecule has 23 heavy (non-hydrogen) atoms. The number of carbonyl (C=O) groups excluding carboxylic acids is 1. The van der Waals surface area contributed by atoms with Crippen molar-refractivity contribution in [3.05, 3.63) is 29.8 Å². The number of amides is 1. The molecule has 128 valence electrons. The van der Waals surface area contributed by atoms with Gasteiger partial charge in [0.1, 0.15) is 5.75 Å². The topological polar surface area (TPSA) is 58.6 Å². The van der Waals surface area contributed by atoms with Gasteiger partial charge in [0, 0.05) is 19.6 Å². The van der Waals surface area contributed by atoms with Crippen molar-refractivity contribution in [2.75, 3.05) is 19.8 Å². The summed E-state index contributed by atoms with van der Waals surface area (Å²) in [5, 5.41) is 12.2. The number of nitrogens with one attached hydrogen (secondary N) is 1. The van der Waals surface area contributed by atoms with Gasteiger partial charge in [0.2, 0.25) is 5.91 Å². The summed E-state index contributed by atoms with van der Waals surface area (Å²) in [6.07, 6.45) is 3.17. The predicted octanol–water partition coefficient (Wildman–Crippen LogP) is 3.10. The summed E-state index contributed by atoms with van der Waals surface area (Å²) >= 11 is 0. The van der Waals surface area contributed by atoms with Gasteiger partial charge in [-0.1, -0.05) is 32.0 Å². The molecule has 0 bridgehead atoms. The van der Waals surface area contributed by atoms with Gasteiger partial charge in [-0.25, -0.2) is 0 Å². The standard InChI is InChI=1S/C19H29NO3/c1-14(2)11-15(7-9-21)13-20-19(22)12-16-8-10-23-18-6-4-3-5-17(16)18/h3-6,14-16,21H,7-13H2,1-2H3,(H,20,22). The molecule has 2 rings (SSSR count). The average molecular weight is 319 g/mol. The molecule has 1 aromatic carbocycles. The van der Waals surface area contributed by atoms with Crippen molar-refractivity contribution in [2.24, 2.45) is 11.8 Å². The Hall–Kier alpha value is -1.55. The maximum Gasteiger partial charge on any atom is 0.220 e. The van der Waals surface area contributed by atoms with E-state index in [0.717, 1.165) is 30.6 Å². The molecule has 0 spiro atoms. The van der Waals surface area contributed by atoms with E-state index in [-0.39, 0.29) is 18.4 Å². The van der Waals surface area contributed by atoms with Crippen LogP contribution < -0.4 is 10.1 Å². The van der Waals surface area contributed by atoms with Crippen molar-refractivity contribution in [3.63, 3.8) is 0 Å². The third-order valence-corrected chi connectivity index (χ3v) is 4.44. The lowest BCUT2D eigenvalue weighted by atomic mass is 9.89. The SMILES string of the molecule is CC(C)CC(CCO)CNC(=O)CC1CCOc2ccccc21. The molecule has 2 N–H and O–H groups in total. The summed E-state index contributed by atoms with van der Waals surface area (Å²) in [7, 11) is 0. The number of carbonyl (C=O) groups is 1. The third kappa shape index (κ3) is 5.54. The largest absolute Gasteiger partial charge is 0.493 e. The van der Waals surface area contributed by atoms with Crippen molar-refractivity contribution in [1.82, 2.24) is 5.32 Å². The zero-order valence-electron chi connectivity index (χ0n) is 14.3. The van der Waals surface area contributed by atoms with Gasteiger partial charge >= 0.3 is 0 Å². The maximum absolute atomic E-state index is 12.3. The minimum Gasteiger partial charge on any atom is -0.493 e. The predicted molar refractivity (Wildman–Crippen MR) is 91.6 cm³/mol. The molecule has 0 aromatic heterocycles. The second-order valence-electron chi connectivity index (χ2n) is 6.89. The van der Waals surface area contributed by atoms with Gasteiger partial charge < -0.3 is 15.2 Å². The van der Waals surface area contributed by atoms with E-state index in [4.69, 9.17) is 9.84 Å². The number of aliphatic hydroxyl groups excluding tert-OH is 1. The lowest BCUT2D eigenvalue weighted by Gasteiger charge is -2.26. The molecule has 1 aliphatic heterocycles. The van der Waals surface area contributed by atoms with Crippen molar-refractivity contribution >= 4 is 5.91 Å². The Morgan fingerprint density at radius 1 is 1.39 bits per heavy atom. The molecule has 4 heteroatoms. The Morgan fingerprint density at radius 3 is 2.91 bits per heavy atom. The Balaban J connectivity index is 1.85. The lowest BCUT2D eigenvalue weighted by Crippen LogP contribution is -2.32. The molecule has 2 unspecified atom stereocenters. The van der Waals surface area contributed by atoms with Crippen LogP contribution in [0.1, 0.15) is 51.0 Å². The number of benzene rings is 1. The molecule has 0 fully saturated rings. The number of ether oxygens (including phenoxy) is 1. The van der Waals surface area contributed by atoms with Gasteiger partial charge in [-0.3, -0.25) is 4.79 Å². The van der Waals surface area contributed by atoms with E-state index in [2.05, 4.69) is 25.2 Å². The zero-order valence-corrected chi connectivity index (χ0v) is 14.3. The van der Waals surface area contributed by atoms with Gasteiger partial charge in [-0.05, 0) is 48.6 Å². The fourth-order valence-corrected chi connectivity index (χ4v) is 3.33. The molecule has 1 aromatic rings. The van der Waals surface area contributed by atoms with Crippen LogP contribution in [0.25, 0.3) is 0 Å². The smallest absolute Gasteiger partial charge is 0.220 e. The summed E-state index contributed by atoms with van der Waals surface area (Å²) < 4.78 is 5.65. The minimum atomic E-state index is 0.0957. The fourth-order valence-electron chi connectivity index (χ4n) is 3.33. The average Bonchev–Trinajstić information content (AvgIpc) is 2.53. The summed E-state index contributed by atoms with van der Waals surface area (Å²) in [4.78, 5) is 12.3. The first-order chi connectivity index (χ1) is 11.1. The fraction of sp³-hybridized carbons (Fsp3) is 0.632. The van der Waals surface area contributed by atoms with Crippen LogP contribution in [0.2, 0.25) is 0 Å². The molecule has 1 amide bonds. The van der Waals surface area contributed by atoms with Gasteiger partial charge in [0.15, 0.2) is 0 Å². The van der Waals surface area contributed by atoms with Crippen molar-refractivity contribution < 1.29 is 14.6 Å². The summed E-state index contributed by atoms with van der Waals surface area (Å²) in [6.45, 7) is 5.86. The van der Waals surface area contributed by atoms with Crippen LogP contribution in [-0.2, 0) is 4.79 Å². The number of fused-ring (bicyclic) bond motifs is 1. The highest BCUT2D eigenvalue weighted by atomic mass is 16.5. The number of hydrogen-bond donors (Lipinski definition) is 2. The van der Waals surface area contributed by atoms with Crippen molar-refractivity contribution in [3.8, 4) is 5.75 Å². The normalized spacial score (nSPS) is 18.2. The van der Waals surface area contributed by atoms with Crippen LogP contribution in [0.3, 0.4) is 0 Å². The number of para-hydroxylation sites is 1. The molecule has 2 atom stereocenters. The van der Waals surface area contributed by atoms with Gasteiger partial charge in [-0.15, -0.1) is 0 Å². The first kappa shape index (κ1) is 17.8. The molecule has 1 heterocycles. The van der Waals surface area contributed by atoms with Gasteiger partial charge in [-0.2, -0.15) is 0 Å². The molecular weight excluding hydrogens is 290 g/mol. The molecule has 4 nitrogen and oxygen atoms in total. The highest BCUT2D eigenvalue weighted by Crippen LogP contribution is 2.35. The van der Waals surface area contributed by atoms with Crippen LogP contribution in [0.4, 0.5) is 0 Å². The second kappa shape index (κ2) is 8.92. The second-order valence-corrected chi connectivity index (χ2v) is 6.89. The highest BCUT2D eigenvalue weighted by molar-refractivity contribution is 5.77. The maximum atomic E-state index is 12.3. The molecule has 0 radical (unpaired) electrons. The Morgan fingerprint density at radius 2 is 2.17 bits per heavy atom. The number of hydrogen-bond acceptors (Lipinski definition) is 3. The number of aliphatic hydroxyl groups is 1. The molecule has 0 saturated carbocycles. The van der Waals surface area contributed by atoms with Gasteiger partial charge in [0.25, 0.3) is 0 Å². The Kier molecular flexibility index (Phi) is 6.90. The first-order valence-electron chi connectivity index (χ1n) is 8.69. The van der Waals surface area contributed by atoms with E-state index >= 15 is 0 Å². The summed E-state index contributed by atoms with van der Waals surface area (Å²) in [6, 6.07) is 7.99. The highest BCUT2D eigenvalue weighted by Gasteiger charge is 2.23. The summed E-state index contributed by atoms with van der Waals surface area (Å²) in [5.74, 6) is 2.17. The van der Waals surface area contributed by atoms with Crippen LogP contribution in [0.15, 0.2) is 24.3 Å². The van der Waals surface area contributed by atoms with E-state index in [1.54, 1.807) is 0 Å². The number of rotatable bonds is 8. The molecule has 0 aliphatic carbocycles. The Bertz CT molecular complexity index is 501. The zero-order chi connectivity index (χ0) is 16.7. The van der Waals surface area contributed by atoms with E-state index < -0.39 is 0 Å².